The van der Waals surface area contributed by atoms with Crippen LogP contribution in [0, 0.1) is 11.6 Å². The van der Waals surface area contributed by atoms with Crippen molar-refractivity contribution in [2.75, 3.05) is 10.6 Å². The maximum absolute atomic E-state index is 13.6. The van der Waals surface area contributed by atoms with Crippen LogP contribution in [0.5, 0.6) is 0 Å². The number of pyridine rings is 1. The predicted molar refractivity (Wildman–Crippen MR) is 102 cm³/mol. The molecular formula is C19H12F2N4OS. The first-order valence-corrected chi connectivity index (χ1v) is 8.75. The topological polar surface area (TPSA) is 66.9 Å². The van der Waals surface area contributed by atoms with E-state index in [0.29, 0.717) is 5.69 Å². The summed E-state index contributed by atoms with van der Waals surface area (Å²) >= 11 is 1.44. The normalized spacial score (nSPS) is 10.7. The summed E-state index contributed by atoms with van der Waals surface area (Å²) in [5.74, 6) is -1.36. The number of carbonyl (C=O) groups excluding carboxylic acids is 1. The van der Waals surface area contributed by atoms with E-state index in [2.05, 4.69) is 20.6 Å². The van der Waals surface area contributed by atoms with E-state index in [9.17, 15) is 13.6 Å². The molecule has 0 bridgehead atoms. The number of amides is 2. The van der Waals surface area contributed by atoms with Gasteiger partial charge < -0.3 is 10.6 Å². The summed E-state index contributed by atoms with van der Waals surface area (Å²) in [7, 11) is 0. The predicted octanol–water partition coefficient (Wildman–Crippen LogP) is 5.28. The van der Waals surface area contributed by atoms with Gasteiger partial charge in [0.15, 0.2) is 0 Å². The van der Waals surface area contributed by atoms with Crippen LogP contribution in [0.25, 0.3) is 20.9 Å². The molecule has 4 rings (SSSR count). The Morgan fingerprint density at radius 2 is 1.89 bits per heavy atom. The fraction of sp³-hybridized carbons (Fsp3) is 0. The minimum atomic E-state index is -0.720. The van der Waals surface area contributed by atoms with Crippen molar-refractivity contribution in [3.63, 3.8) is 0 Å². The maximum Gasteiger partial charge on any atom is 0.323 e. The highest BCUT2D eigenvalue weighted by molar-refractivity contribution is 7.21. The number of halogens is 2. The Labute approximate surface area is 156 Å². The number of carbonyl (C=O) groups is 1. The minimum Gasteiger partial charge on any atom is -0.308 e. The summed E-state index contributed by atoms with van der Waals surface area (Å²) in [5.41, 5.74) is 1.87. The molecule has 0 radical (unpaired) electrons. The molecule has 0 unspecified atom stereocenters. The van der Waals surface area contributed by atoms with Crippen molar-refractivity contribution in [3.05, 3.63) is 72.4 Å². The number of fused-ring (bicyclic) bond motifs is 1. The van der Waals surface area contributed by atoms with Crippen molar-refractivity contribution >= 4 is 39.1 Å². The number of nitrogens with one attached hydrogen (secondary N) is 2. The number of urea groups is 1. The number of thiazole rings is 1. The van der Waals surface area contributed by atoms with Gasteiger partial charge in [0.2, 0.25) is 0 Å². The zero-order valence-electron chi connectivity index (χ0n) is 13.7. The maximum atomic E-state index is 13.6. The average Bonchev–Trinajstić information content (AvgIpc) is 3.09. The molecule has 0 saturated heterocycles. The molecule has 0 aliphatic carbocycles. The second-order valence-corrected chi connectivity index (χ2v) is 6.61. The third-order valence-corrected chi connectivity index (χ3v) is 4.74. The fourth-order valence-electron chi connectivity index (χ4n) is 2.50. The minimum absolute atomic E-state index is 0.235. The van der Waals surface area contributed by atoms with Crippen LogP contribution in [-0.4, -0.2) is 16.0 Å². The van der Waals surface area contributed by atoms with Gasteiger partial charge in [0.25, 0.3) is 0 Å². The van der Waals surface area contributed by atoms with E-state index in [1.54, 1.807) is 24.4 Å². The summed E-state index contributed by atoms with van der Waals surface area (Å²) < 4.78 is 26.8. The zero-order valence-corrected chi connectivity index (χ0v) is 14.6. The van der Waals surface area contributed by atoms with Crippen molar-refractivity contribution in [1.82, 2.24) is 9.97 Å². The van der Waals surface area contributed by atoms with E-state index >= 15 is 0 Å². The molecule has 4 aromatic rings. The number of benzene rings is 2. The van der Waals surface area contributed by atoms with Gasteiger partial charge in [0.1, 0.15) is 27.0 Å². The number of hydrogen-bond acceptors (Lipinski definition) is 4. The molecule has 0 fully saturated rings. The molecule has 134 valence electrons. The van der Waals surface area contributed by atoms with Crippen molar-refractivity contribution in [3.8, 4) is 10.6 Å². The molecule has 0 spiro atoms. The number of aromatic nitrogens is 2. The third kappa shape index (κ3) is 3.75. The molecule has 0 aliphatic heterocycles. The largest absolute Gasteiger partial charge is 0.323 e. The van der Waals surface area contributed by atoms with Crippen LogP contribution in [0.3, 0.4) is 0 Å². The molecule has 8 heteroatoms. The van der Waals surface area contributed by atoms with Gasteiger partial charge in [0.05, 0.1) is 5.69 Å². The van der Waals surface area contributed by atoms with Crippen LogP contribution >= 0.6 is 11.3 Å². The highest BCUT2D eigenvalue weighted by Crippen LogP contribution is 2.30. The highest BCUT2D eigenvalue weighted by Gasteiger charge is 2.10. The lowest BCUT2D eigenvalue weighted by molar-refractivity contribution is 0.262. The summed E-state index contributed by atoms with van der Waals surface area (Å²) in [6, 6.07) is 12.9. The molecule has 2 aromatic carbocycles. The van der Waals surface area contributed by atoms with Gasteiger partial charge in [-0.3, -0.25) is 0 Å². The number of hydrogen-bond donors (Lipinski definition) is 2. The van der Waals surface area contributed by atoms with Gasteiger partial charge in [-0.1, -0.05) is 23.5 Å². The molecule has 5 nitrogen and oxygen atoms in total. The van der Waals surface area contributed by atoms with Crippen molar-refractivity contribution in [2.24, 2.45) is 0 Å². The molecular weight excluding hydrogens is 370 g/mol. The lowest BCUT2D eigenvalue weighted by Crippen LogP contribution is -2.20. The molecule has 0 saturated carbocycles. The van der Waals surface area contributed by atoms with Gasteiger partial charge in [-0.25, -0.2) is 23.5 Å². The van der Waals surface area contributed by atoms with Crippen LogP contribution in [0.1, 0.15) is 0 Å². The van der Waals surface area contributed by atoms with Crippen LogP contribution in [0.15, 0.2) is 60.8 Å². The summed E-state index contributed by atoms with van der Waals surface area (Å²) in [6.07, 6.45) is 1.71. The molecule has 2 heterocycles. The number of anilines is 2. The SMILES string of the molecule is O=C(Nc1cccc(-c2nc3cccnc3s2)c1)Nc1cc(F)ccc1F. The Balaban J connectivity index is 1.54. The first kappa shape index (κ1) is 17.0. The van der Waals surface area contributed by atoms with Crippen LogP contribution in [0.2, 0.25) is 0 Å². The lowest BCUT2D eigenvalue weighted by atomic mass is 10.2. The quantitative estimate of drug-likeness (QED) is 0.507. The van der Waals surface area contributed by atoms with Gasteiger partial charge in [0, 0.05) is 23.5 Å². The monoisotopic (exact) mass is 382 g/mol. The second kappa shape index (κ2) is 7.08. The Bertz CT molecular complexity index is 1110. The summed E-state index contributed by atoms with van der Waals surface area (Å²) in [5, 5.41) is 5.66. The average molecular weight is 382 g/mol. The molecule has 27 heavy (non-hydrogen) atoms. The Hall–Kier alpha value is -3.39. The van der Waals surface area contributed by atoms with Crippen molar-refractivity contribution in [2.45, 2.75) is 0 Å². The first-order valence-electron chi connectivity index (χ1n) is 7.93. The Morgan fingerprint density at radius 3 is 2.74 bits per heavy atom. The highest BCUT2D eigenvalue weighted by atomic mass is 32.1. The Morgan fingerprint density at radius 1 is 1.00 bits per heavy atom. The van der Waals surface area contributed by atoms with Crippen LogP contribution in [0.4, 0.5) is 25.0 Å². The molecule has 2 aromatic heterocycles. The van der Waals surface area contributed by atoms with Gasteiger partial charge in [-0.15, -0.1) is 0 Å². The molecule has 0 atom stereocenters. The molecule has 2 amide bonds. The third-order valence-electron chi connectivity index (χ3n) is 3.71. The van der Waals surface area contributed by atoms with E-state index < -0.39 is 17.7 Å². The summed E-state index contributed by atoms with van der Waals surface area (Å²) in [6.45, 7) is 0. The number of rotatable bonds is 3. The fourth-order valence-corrected chi connectivity index (χ4v) is 3.41. The number of nitrogens with zero attached hydrogens (tertiary/aromatic N) is 2. The second-order valence-electron chi connectivity index (χ2n) is 5.63. The molecule has 2 N–H and O–H groups in total. The first-order chi connectivity index (χ1) is 13.1. The van der Waals surface area contributed by atoms with Crippen LogP contribution < -0.4 is 10.6 Å². The smallest absolute Gasteiger partial charge is 0.308 e. The van der Waals surface area contributed by atoms with Gasteiger partial charge in [-0.2, -0.15) is 0 Å². The van der Waals surface area contributed by atoms with E-state index in [0.717, 1.165) is 39.1 Å². The Kier molecular flexibility index (Phi) is 4.47. The van der Waals surface area contributed by atoms with E-state index in [-0.39, 0.29) is 5.69 Å². The zero-order chi connectivity index (χ0) is 18.8. The van der Waals surface area contributed by atoms with E-state index in [4.69, 9.17) is 0 Å². The van der Waals surface area contributed by atoms with Gasteiger partial charge in [-0.05, 0) is 36.4 Å². The molecule has 0 aliphatic rings. The van der Waals surface area contributed by atoms with Crippen molar-refractivity contribution in [1.29, 1.82) is 0 Å². The van der Waals surface area contributed by atoms with E-state index in [1.165, 1.54) is 11.3 Å². The van der Waals surface area contributed by atoms with Crippen molar-refractivity contribution < 1.29 is 13.6 Å². The lowest BCUT2D eigenvalue weighted by Gasteiger charge is -2.09. The summed E-state index contributed by atoms with van der Waals surface area (Å²) in [4.78, 5) is 21.7. The standard InChI is InChI=1S/C19H12F2N4OS/c20-12-6-7-14(21)16(10-12)25-19(26)23-13-4-1-3-11(9-13)17-24-15-5-2-8-22-18(15)27-17/h1-10H,(H2,23,25,26). The van der Waals surface area contributed by atoms with Crippen LogP contribution in [-0.2, 0) is 0 Å². The van der Waals surface area contributed by atoms with Gasteiger partial charge >= 0.3 is 6.03 Å². The van der Waals surface area contributed by atoms with E-state index in [1.807, 2.05) is 18.2 Å².